The number of carbonyl (C=O) groups is 1. The molecule has 2 nitrogen and oxygen atoms in total. The fourth-order valence-corrected chi connectivity index (χ4v) is 7.81. The van der Waals surface area contributed by atoms with Crippen molar-refractivity contribution >= 4 is 14.0 Å². The molecule has 6 rings (SSSR count). The standard InChI is InChI=1S/C21H22O2Si/c1-24(2,3)20-18-16-12-8-4-6-10-14(12)17(19(18)23-21(20)22)15-11-7-5-9-13(15)16/h4-11,16-20H,1-3H3. The third-order valence-corrected chi connectivity index (χ3v) is 8.74. The van der Waals surface area contributed by atoms with Crippen molar-refractivity contribution in [1.29, 1.82) is 0 Å². The molecule has 2 aromatic carbocycles. The van der Waals surface area contributed by atoms with Crippen LogP contribution in [0.5, 0.6) is 0 Å². The molecule has 0 radical (unpaired) electrons. The first-order valence-corrected chi connectivity index (χ1v) is 12.4. The third kappa shape index (κ3) is 1.68. The van der Waals surface area contributed by atoms with Crippen LogP contribution in [-0.2, 0) is 9.53 Å². The van der Waals surface area contributed by atoms with Gasteiger partial charge in [0.2, 0.25) is 0 Å². The molecule has 4 aliphatic rings. The molecule has 0 spiro atoms. The van der Waals surface area contributed by atoms with E-state index in [9.17, 15) is 4.79 Å². The van der Waals surface area contributed by atoms with Gasteiger partial charge in [0.25, 0.3) is 0 Å². The number of esters is 1. The normalized spacial score (nSPS) is 32.8. The summed E-state index contributed by atoms with van der Waals surface area (Å²) in [5.74, 6) is 0.868. The minimum atomic E-state index is -1.65. The van der Waals surface area contributed by atoms with Crippen LogP contribution in [0.3, 0.4) is 0 Å². The number of hydrogen-bond donors (Lipinski definition) is 0. The Bertz CT molecular complexity index is 803. The first kappa shape index (κ1) is 14.5. The van der Waals surface area contributed by atoms with E-state index < -0.39 is 8.07 Å². The van der Waals surface area contributed by atoms with Gasteiger partial charge in [-0.2, -0.15) is 0 Å². The van der Waals surface area contributed by atoms with Crippen LogP contribution < -0.4 is 0 Å². The topological polar surface area (TPSA) is 26.3 Å². The molecule has 3 unspecified atom stereocenters. The molecular weight excluding hydrogens is 312 g/mol. The second kappa shape index (κ2) is 4.60. The Morgan fingerprint density at radius 1 is 0.792 bits per heavy atom. The van der Waals surface area contributed by atoms with Crippen LogP contribution in [0.15, 0.2) is 48.5 Å². The average molecular weight is 334 g/mol. The molecule has 1 aliphatic heterocycles. The highest BCUT2D eigenvalue weighted by molar-refractivity contribution is 6.80. The molecule has 0 amide bonds. The zero-order valence-electron chi connectivity index (χ0n) is 14.3. The van der Waals surface area contributed by atoms with Crippen molar-refractivity contribution in [3.63, 3.8) is 0 Å². The van der Waals surface area contributed by atoms with E-state index in [-0.39, 0.29) is 23.5 Å². The van der Waals surface area contributed by atoms with Crippen molar-refractivity contribution in [3.05, 3.63) is 70.8 Å². The molecule has 0 aromatic heterocycles. The molecule has 3 heteroatoms. The summed E-state index contributed by atoms with van der Waals surface area (Å²) in [6.45, 7) is 6.92. The molecule has 3 aliphatic carbocycles. The third-order valence-electron chi connectivity index (χ3n) is 6.25. The van der Waals surface area contributed by atoms with E-state index >= 15 is 0 Å². The van der Waals surface area contributed by atoms with Crippen molar-refractivity contribution in [2.24, 2.45) is 5.92 Å². The number of hydrogen-bond acceptors (Lipinski definition) is 2. The fraction of sp³-hybridized carbons (Fsp3) is 0.381. The molecule has 2 aromatic rings. The predicted molar refractivity (Wildman–Crippen MR) is 97.0 cm³/mol. The summed E-state index contributed by atoms with van der Waals surface area (Å²) in [6, 6.07) is 17.5. The summed E-state index contributed by atoms with van der Waals surface area (Å²) in [4.78, 5) is 12.8. The maximum Gasteiger partial charge on any atom is 0.306 e. The molecule has 3 atom stereocenters. The van der Waals surface area contributed by atoms with E-state index in [2.05, 4.69) is 68.2 Å². The maximum absolute atomic E-state index is 12.8. The summed E-state index contributed by atoms with van der Waals surface area (Å²) >= 11 is 0. The molecule has 1 fully saturated rings. The van der Waals surface area contributed by atoms with E-state index in [1.165, 1.54) is 22.3 Å². The van der Waals surface area contributed by atoms with Crippen LogP contribution >= 0.6 is 0 Å². The lowest BCUT2D eigenvalue weighted by atomic mass is 9.57. The molecule has 0 saturated carbocycles. The van der Waals surface area contributed by atoms with Crippen molar-refractivity contribution in [3.8, 4) is 0 Å². The predicted octanol–water partition coefficient (Wildman–Crippen LogP) is 4.53. The van der Waals surface area contributed by atoms with E-state index in [1.807, 2.05) is 0 Å². The SMILES string of the molecule is C[Si](C)(C)C1C(=O)OC2C3c4ccccc4C(c4ccccc43)C21. The zero-order valence-corrected chi connectivity index (χ0v) is 15.3. The molecule has 1 heterocycles. The number of carbonyl (C=O) groups excluding carboxylic acids is 1. The summed E-state index contributed by atoms with van der Waals surface area (Å²) in [5, 5.41) is 0. The van der Waals surface area contributed by atoms with Gasteiger partial charge in [-0.05, 0) is 22.3 Å². The monoisotopic (exact) mass is 334 g/mol. The Balaban J connectivity index is 1.79. The smallest absolute Gasteiger partial charge is 0.306 e. The second-order valence-corrected chi connectivity index (χ2v) is 13.9. The van der Waals surface area contributed by atoms with E-state index in [4.69, 9.17) is 4.74 Å². The lowest BCUT2D eigenvalue weighted by Gasteiger charge is -2.48. The Hall–Kier alpha value is -1.87. The highest BCUT2D eigenvalue weighted by Gasteiger charge is 2.62. The molecule has 24 heavy (non-hydrogen) atoms. The van der Waals surface area contributed by atoms with Crippen molar-refractivity contribution in [2.75, 3.05) is 0 Å². The summed E-state index contributed by atoms with van der Waals surface area (Å²) in [7, 11) is -1.65. The zero-order chi connectivity index (χ0) is 16.6. The summed E-state index contributed by atoms with van der Waals surface area (Å²) in [5.41, 5.74) is 5.67. The van der Waals surface area contributed by atoms with E-state index in [0.717, 1.165) is 0 Å². The van der Waals surface area contributed by atoms with Crippen LogP contribution in [0.25, 0.3) is 0 Å². The van der Waals surface area contributed by atoms with Crippen molar-refractivity contribution in [2.45, 2.75) is 43.1 Å². The Morgan fingerprint density at radius 2 is 1.25 bits per heavy atom. The van der Waals surface area contributed by atoms with Crippen molar-refractivity contribution < 1.29 is 9.53 Å². The quantitative estimate of drug-likeness (QED) is 0.566. The molecular formula is C21H22O2Si. The van der Waals surface area contributed by atoms with Gasteiger partial charge < -0.3 is 4.74 Å². The lowest BCUT2D eigenvalue weighted by Crippen LogP contribution is -2.46. The molecule has 0 N–H and O–H groups in total. The minimum Gasteiger partial charge on any atom is -0.461 e. The average Bonchev–Trinajstić information content (AvgIpc) is 2.91. The number of benzene rings is 2. The minimum absolute atomic E-state index is 0.0176. The molecule has 1 saturated heterocycles. The van der Waals surface area contributed by atoms with Crippen molar-refractivity contribution in [1.82, 2.24) is 0 Å². The second-order valence-electron chi connectivity index (χ2n) is 8.54. The van der Waals surface area contributed by atoms with E-state index in [0.29, 0.717) is 11.8 Å². The Morgan fingerprint density at radius 3 is 1.71 bits per heavy atom. The van der Waals surface area contributed by atoms with Gasteiger partial charge in [0.15, 0.2) is 0 Å². The first-order valence-electron chi connectivity index (χ1n) is 8.86. The number of rotatable bonds is 1. The molecule has 122 valence electrons. The van der Waals surface area contributed by atoms with E-state index in [1.54, 1.807) is 0 Å². The van der Waals surface area contributed by atoms with Gasteiger partial charge in [-0.25, -0.2) is 0 Å². The lowest BCUT2D eigenvalue weighted by molar-refractivity contribution is -0.142. The summed E-state index contributed by atoms with van der Waals surface area (Å²) in [6.07, 6.45) is 0.0176. The highest BCUT2D eigenvalue weighted by Crippen LogP contribution is 2.63. The van der Waals surface area contributed by atoms with Gasteiger partial charge in [0.05, 0.1) is 13.6 Å². The largest absolute Gasteiger partial charge is 0.461 e. The summed E-state index contributed by atoms with van der Waals surface area (Å²) < 4.78 is 6.05. The fourth-order valence-electron chi connectivity index (χ4n) is 5.49. The van der Waals surface area contributed by atoms with Crippen LogP contribution in [-0.4, -0.2) is 20.1 Å². The molecule has 2 bridgehead atoms. The van der Waals surface area contributed by atoms with Gasteiger partial charge in [-0.3, -0.25) is 4.79 Å². The van der Waals surface area contributed by atoms with Crippen LogP contribution in [0, 0.1) is 5.92 Å². The van der Waals surface area contributed by atoms with Gasteiger partial charge in [0, 0.05) is 17.8 Å². The maximum atomic E-state index is 12.8. The van der Waals surface area contributed by atoms with Gasteiger partial charge >= 0.3 is 5.97 Å². The van der Waals surface area contributed by atoms with Crippen LogP contribution in [0.2, 0.25) is 25.2 Å². The first-order chi connectivity index (χ1) is 11.5. The van der Waals surface area contributed by atoms with Gasteiger partial charge in [-0.15, -0.1) is 0 Å². The Kier molecular flexibility index (Phi) is 2.77. The Labute approximate surface area is 143 Å². The number of ether oxygens (including phenoxy) is 1. The van der Waals surface area contributed by atoms with Gasteiger partial charge in [0.1, 0.15) is 6.10 Å². The van der Waals surface area contributed by atoms with Crippen LogP contribution in [0.4, 0.5) is 0 Å². The van der Waals surface area contributed by atoms with Crippen LogP contribution in [0.1, 0.15) is 34.1 Å². The van der Waals surface area contributed by atoms with Gasteiger partial charge in [-0.1, -0.05) is 68.2 Å². The highest BCUT2D eigenvalue weighted by atomic mass is 28.3.